The summed E-state index contributed by atoms with van der Waals surface area (Å²) >= 11 is 0. The zero-order valence-corrected chi connectivity index (χ0v) is 13.9. The maximum atomic E-state index is 11.7. The van der Waals surface area contributed by atoms with Crippen molar-refractivity contribution in [3.63, 3.8) is 0 Å². The van der Waals surface area contributed by atoms with Crippen molar-refractivity contribution in [1.29, 1.82) is 0 Å². The molecule has 0 aliphatic heterocycles. The fourth-order valence-corrected chi connectivity index (χ4v) is 1.76. The molecule has 0 fully saturated rings. The van der Waals surface area contributed by atoms with Crippen LogP contribution in [0.2, 0.25) is 0 Å². The van der Waals surface area contributed by atoms with Gasteiger partial charge in [0.1, 0.15) is 0 Å². The topological polar surface area (TPSA) is 105 Å². The fourth-order valence-electron chi connectivity index (χ4n) is 1.76. The van der Waals surface area contributed by atoms with Gasteiger partial charge in [-0.3, -0.25) is 19.2 Å². The Kier molecular flexibility index (Phi) is 7.41. The number of likely N-dealkylation sites (N-methyl/N-ethyl adjacent to an activating group) is 2. The molecule has 0 aliphatic carbocycles. The average Bonchev–Trinajstić information content (AvgIpc) is 2.53. The van der Waals surface area contributed by atoms with E-state index in [1.165, 1.54) is 25.9 Å². The largest absolute Gasteiger partial charge is 0.455 e. The number of benzene rings is 1. The number of amides is 3. The third-order valence-electron chi connectivity index (χ3n) is 3.06. The molecule has 8 heteroatoms. The molecule has 0 aliphatic rings. The Bertz CT molecular complexity index is 613. The van der Waals surface area contributed by atoms with Crippen molar-refractivity contribution >= 4 is 29.4 Å². The van der Waals surface area contributed by atoms with E-state index in [-0.39, 0.29) is 24.8 Å². The molecular weight excluding hydrogens is 314 g/mol. The van der Waals surface area contributed by atoms with Crippen LogP contribution < -0.4 is 10.6 Å². The fraction of sp³-hybridized carbons (Fsp3) is 0.375. The molecule has 1 rings (SSSR count). The van der Waals surface area contributed by atoms with Crippen LogP contribution in [0, 0.1) is 0 Å². The lowest BCUT2D eigenvalue weighted by molar-refractivity contribution is -0.151. The van der Waals surface area contributed by atoms with Gasteiger partial charge < -0.3 is 20.3 Å². The van der Waals surface area contributed by atoms with E-state index in [0.29, 0.717) is 11.3 Å². The zero-order chi connectivity index (χ0) is 18.1. The van der Waals surface area contributed by atoms with E-state index in [0.717, 1.165) is 0 Å². The molecule has 0 unspecified atom stereocenters. The van der Waals surface area contributed by atoms with Gasteiger partial charge in [0.15, 0.2) is 6.61 Å². The molecule has 0 radical (unpaired) electrons. The number of nitrogens with zero attached hydrogens (tertiary/aromatic N) is 1. The smallest absolute Gasteiger partial charge is 0.310 e. The summed E-state index contributed by atoms with van der Waals surface area (Å²) in [5, 5.41) is 5.02. The monoisotopic (exact) mass is 335 g/mol. The van der Waals surface area contributed by atoms with Crippen LogP contribution in [0.3, 0.4) is 0 Å². The lowest BCUT2D eigenvalue weighted by Gasteiger charge is -2.15. The second kappa shape index (κ2) is 9.29. The van der Waals surface area contributed by atoms with E-state index in [2.05, 4.69) is 10.6 Å². The highest BCUT2D eigenvalue weighted by atomic mass is 16.5. The number of rotatable bonds is 7. The van der Waals surface area contributed by atoms with Crippen molar-refractivity contribution < 1.29 is 23.9 Å². The molecule has 0 saturated carbocycles. The first-order valence-electron chi connectivity index (χ1n) is 7.28. The summed E-state index contributed by atoms with van der Waals surface area (Å²) in [5.41, 5.74) is 1.32. The van der Waals surface area contributed by atoms with Crippen molar-refractivity contribution in [3.8, 4) is 0 Å². The summed E-state index contributed by atoms with van der Waals surface area (Å²) in [7, 11) is 2.92. The van der Waals surface area contributed by atoms with Gasteiger partial charge in [-0.1, -0.05) is 12.1 Å². The number of ether oxygens (including phenoxy) is 1. The number of carbonyl (C=O) groups excluding carboxylic acids is 4. The summed E-state index contributed by atoms with van der Waals surface area (Å²) in [6, 6.07) is 6.72. The molecular formula is C16H21N3O5. The van der Waals surface area contributed by atoms with Crippen LogP contribution in [0.4, 0.5) is 5.69 Å². The summed E-state index contributed by atoms with van der Waals surface area (Å²) in [6.45, 7) is 0.886. The molecule has 0 atom stereocenters. The lowest BCUT2D eigenvalue weighted by Crippen LogP contribution is -2.39. The van der Waals surface area contributed by atoms with E-state index in [4.69, 9.17) is 4.74 Å². The van der Waals surface area contributed by atoms with Gasteiger partial charge in [-0.2, -0.15) is 0 Å². The maximum absolute atomic E-state index is 11.7. The van der Waals surface area contributed by atoms with Gasteiger partial charge in [0, 0.05) is 26.7 Å². The predicted octanol–water partition coefficient (Wildman–Crippen LogP) is -0.0649. The average molecular weight is 335 g/mol. The Balaban J connectivity index is 2.42. The van der Waals surface area contributed by atoms with Crippen molar-refractivity contribution in [2.45, 2.75) is 13.3 Å². The minimum Gasteiger partial charge on any atom is -0.455 e. The quantitative estimate of drug-likeness (QED) is 0.679. The minimum atomic E-state index is -0.552. The van der Waals surface area contributed by atoms with Gasteiger partial charge in [-0.15, -0.1) is 0 Å². The first kappa shape index (κ1) is 19.1. The molecule has 1 aromatic rings. The number of anilines is 1. The molecule has 0 saturated heterocycles. The van der Waals surface area contributed by atoms with Crippen LogP contribution >= 0.6 is 0 Å². The Labute approximate surface area is 140 Å². The summed E-state index contributed by atoms with van der Waals surface area (Å²) in [4.78, 5) is 46.7. The summed E-state index contributed by atoms with van der Waals surface area (Å²) in [6.07, 6.45) is 0.00674. The molecule has 0 spiro atoms. The summed E-state index contributed by atoms with van der Waals surface area (Å²) < 4.78 is 4.91. The molecule has 0 heterocycles. The number of nitrogens with one attached hydrogen (secondary N) is 2. The van der Waals surface area contributed by atoms with Gasteiger partial charge in [-0.25, -0.2) is 0 Å². The third-order valence-corrected chi connectivity index (χ3v) is 3.06. The van der Waals surface area contributed by atoms with Gasteiger partial charge in [-0.05, 0) is 17.7 Å². The SMILES string of the molecule is CNC(=O)CN(C)C(=O)COC(=O)Cc1ccc(NC(C)=O)cc1. The normalized spacial score (nSPS) is 9.79. The molecule has 3 amide bonds. The highest BCUT2D eigenvalue weighted by Crippen LogP contribution is 2.10. The van der Waals surface area contributed by atoms with Gasteiger partial charge >= 0.3 is 5.97 Å². The lowest BCUT2D eigenvalue weighted by atomic mass is 10.1. The zero-order valence-electron chi connectivity index (χ0n) is 13.9. The standard InChI is InChI=1S/C16H21N3O5/c1-11(20)18-13-6-4-12(5-7-13)8-16(23)24-10-15(22)19(3)9-14(21)17-2/h4-7H,8-10H2,1-3H3,(H,17,21)(H,18,20). The molecule has 0 aromatic heterocycles. The molecule has 2 N–H and O–H groups in total. The van der Waals surface area contributed by atoms with Crippen LogP contribution in [0.1, 0.15) is 12.5 Å². The predicted molar refractivity (Wildman–Crippen MR) is 87.1 cm³/mol. The van der Waals surface area contributed by atoms with Crippen LogP contribution in [0.5, 0.6) is 0 Å². The molecule has 0 bridgehead atoms. The van der Waals surface area contributed by atoms with Crippen LogP contribution in [-0.4, -0.2) is 55.8 Å². The molecule has 8 nitrogen and oxygen atoms in total. The van der Waals surface area contributed by atoms with E-state index in [1.807, 2.05) is 0 Å². The van der Waals surface area contributed by atoms with Gasteiger partial charge in [0.05, 0.1) is 13.0 Å². The van der Waals surface area contributed by atoms with E-state index >= 15 is 0 Å². The molecule has 130 valence electrons. The van der Waals surface area contributed by atoms with Crippen molar-refractivity contribution in [1.82, 2.24) is 10.2 Å². The molecule has 24 heavy (non-hydrogen) atoms. The van der Waals surface area contributed by atoms with Crippen molar-refractivity contribution in [2.75, 3.05) is 32.6 Å². The number of hydrogen-bond acceptors (Lipinski definition) is 5. The Morgan fingerprint density at radius 3 is 2.29 bits per heavy atom. The Morgan fingerprint density at radius 2 is 1.75 bits per heavy atom. The van der Waals surface area contributed by atoms with Gasteiger partial charge in [0.2, 0.25) is 11.8 Å². The van der Waals surface area contributed by atoms with E-state index < -0.39 is 18.5 Å². The highest BCUT2D eigenvalue weighted by molar-refractivity contribution is 5.88. The first-order valence-corrected chi connectivity index (χ1v) is 7.28. The maximum Gasteiger partial charge on any atom is 0.310 e. The number of esters is 1. The van der Waals surface area contributed by atoms with E-state index in [9.17, 15) is 19.2 Å². The summed E-state index contributed by atoms with van der Waals surface area (Å²) in [5.74, 6) is -1.50. The van der Waals surface area contributed by atoms with Crippen molar-refractivity contribution in [3.05, 3.63) is 29.8 Å². The van der Waals surface area contributed by atoms with Crippen LogP contribution in [0.15, 0.2) is 24.3 Å². The van der Waals surface area contributed by atoms with Crippen molar-refractivity contribution in [2.24, 2.45) is 0 Å². The Hall–Kier alpha value is -2.90. The Morgan fingerprint density at radius 1 is 1.12 bits per heavy atom. The van der Waals surface area contributed by atoms with Crippen LogP contribution in [0.25, 0.3) is 0 Å². The van der Waals surface area contributed by atoms with Gasteiger partial charge in [0.25, 0.3) is 5.91 Å². The third kappa shape index (κ3) is 6.91. The first-order chi connectivity index (χ1) is 11.3. The van der Waals surface area contributed by atoms with E-state index in [1.54, 1.807) is 24.3 Å². The van der Waals surface area contributed by atoms with Crippen LogP contribution in [-0.2, 0) is 30.3 Å². The number of carbonyl (C=O) groups is 4. The highest BCUT2D eigenvalue weighted by Gasteiger charge is 2.14. The second-order valence-electron chi connectivity index (χ2n) is 5.14. The molecule has 1 aromatic carbocycles. The number of hydrogen-bond donors (Lipinski definition) is 2. The second-order valence-corrected chi connectivity index (χ2v) is 5.14. The minimum absolute atomic E-state index is 0.00674.